The SMILES string of the molecule is [2H]c1c([2H])c([2H])c2c(-c3ccc(-c4ccc(-c5cccc6ccccc56)cc4)c4ccccc34)c3c([2H])c([2H])c([2H])c([2H])c3c(-c3ccccc3)c2c1[2H]. The molecule has 0 radical (unpaired) electrons. The topological polar surface area (TPSA) is 0 Å². The van der Waals surface area contributed by atoms with Crippen molar-refractivity contribution < 1.29 is 11.0 Å². The summed E-state index contributed by atoms with van der Waals surface area (Å²) in [4.78, 5) is 0. The lowest BCUT2D eigenvalue weighted by molar-refractivity contribution is 1.62. The molecule has 0 atom stereocenters. The third-order valence-electron chi connectivity index (χ3n) is 8.93. The van der Waals surface area contributed by atoms with Gasteiger partial charge in [0.05, 0.1) is 11.0 Å². The monoisotopic (exact) mass is 590 g/mol. The average Bonchev–Trinajstić information content (AvgIpc) is 3.22. The van der Waals surface area contributed by atoms with Gasteiger partial charge in [0.15, 0.2) is 0 Å². The molecule has 0 bridgehead atoms. The molecule has 214 valence electrons. The average molecular weight is 591 g/mol. The molecule has 0 unspecified atom stereocenters. The lowest BCUT2D eigenvalue weighted by atomic mass is 9.84. The molecule has 0 saturated carbocycles. The number of rotatable bonds is 4. The summed E-state index contributed by atoms with van der Waals surface area (Å²) in [5.74, 6) is 0. The summed E-state index contributed by atoms with van der Waals surface area (Å²) < 4.78 is 72.0. The predicted octanol–water partition coefficient (Wildman–Crippen LogP) is 13.0. The zero-order valence-electron chi connectivity index (χ0n) is 32.7. The van der Waals surface area contributed by atoms with Gasteiger partial charge in [-0.25, -0.2) is 0 Å². The molecule has 9 rings (SSSR count). The Hall–Kier alpha value is -5.98. The Morgan fingerprint density at radius 1 is 0.283 bits per heavy atom. The molecule has 46 heavy (non-hydrogen) atoms. The van der Waals surface area contributed by atoms with E-state index in [9.17, 15) is 5.48 Å². The normalized spacial score (nSPS) is 13.9. The van der Waals surface area contributed by atoms with Crippen LogP contribution in [-0.4, -0.2) is 0 Å². The maximum absolute atomic E-state index is 9.31. The minimum absolute atomic E-state index is 0.203. The first-order chi connectivity index (χ1) is 26.2. The molecule has 0 aliphatic rings. The summed E-state index contributed by atoms with van der Waals surface area (Å²) in [6, 6.07) is 41.1. The summed E-state index contributed by atoms with van der Waals surface area (Å²) in [5, 5.41) is 4.84. The van der Waals surface area contributed by atoms with Crippen LogP contribution in [0.2, 0.25) is 0 Å². The van der Waals surface area contributed by atoms with Gasteiger partial charge in [0.1, 0.15) is 0 Å². The van der Waals surface area contributed by atoms with Crippen LogP contribution in [0.4, 0.5) is 0 Å². The van der Waals surface area contributed by atoms with Crippen molar-refractivity contribution in [2.45, 2.75) is 0 Å². The predicted molar refractivity (Wildman–Crippen MR) is 198 cm³/mol. The second-order valence-electron chi connectivity index (χ2n) is 11.4. The molecule has 0 aliphatic heterocycles. The first-order valence-electron chi connectivity index (χ1n) is 19.3. The van der Waals surface area contributed by atoms with Crippen molar-refractivity contribution in [3.8, 4) is 44.5 Å². The van der Waals surface area contributed by atoms with Crippen LogP contribution < -0.4 is 0 Å². The van der Waals surface area contributed by atoms with Gasteiger partial charge < -0.3 is 0 Å². The maximum Gasteiger partial charge on any atom is 0.0629 e. The highest BCUT2D eigenvalue weighted by Crippen LogP contribution is 2.46. The van der Waals surface area contributed by atoms with Crippen LogP contribution in [0.5, 0.6) is 0 Å². The third-order valence-corrected chi connectivity index (χ3v) is 8.93. The van der Waals surface area contributed by atoms with Crippen molar-refractivity contribution >= 4 is 43.1 Å². The zero-order chi connectivity index (χ0) is 37.4. The van der Waals surface area contributed by atoms with E-state index in [1.807, 2.05) is 54.6 Å². The highest BCUT2D eigenvalue weighted by Gasteiger charge is 2.18. The molecule has 0 heterocycles. The summed E-state index contributed by atoms with van der Waals surface area (Å²) in [6.07, 6.45) is 0. The second-order valence-corrected chi connectivity index (χ2v) is 11.4. The van der Waals surface area contributed by atoms with E-state index in [0.29, 0.717) is 22.3 Å². The number of benzene rings is 9. The number of hydrogen-bond donors (Lipinski definition) is 0. The summed E-state index contributed by atoms with van der Waals surface area (Å²) in [5.41, 5.74) is 6.05. The Morgan fingerprint density at radius 2 is 0.739 bits per heavy atom. The first kappa shape index (κ1) is 19.4. The van der Waals surface area contributed by atoms with Crippen LogP contribution in [0.1, 0.15) is 11.0 Å². The Balaban J connectivity index is 1.37. The van der Waals surface area contributed by atoms with Gasteiger partial charge in [0, 0.05) is 0 Å². The van der Waals surface area contributed by atoms with Crippen molar-refractivity contribution in [3.05, 3.63) is 182 Å². The van der Waals surface area contributed by atoms with E-state index in [1.165, 1.54) is 10.8 Å². The lowest BCUT2D eigenvalue weighted by Gasteiger charge is -2.19. The quantitative estimate of drug-likeness (QED) is 0.179. The fourth-order valence-electron chi connectivity index (χ4n) is 6.86. The van der Waals surface area contributed by atoms with E-state index in [1.54, 1.807) is 24.3 Å². The van der Waals surface area contributed by atoms with Crippen LogP contribution in [-0.2, 0) is 0 Å². The first-order valence-corrected chi connectivity index (χ1v) is 15.3. The Bertz CT molecular complexity index is 2920. The van der Waals surface area contributed by atoms with Crippen molar-refractivity contribution in [2.24, 2.45) is 0 Å². The van der Waals surface area contributed by atoms with Gasteiger partial charge in [-0.3, -0.25) is 0 Å². The summed E-state index contributed by atoms with van der Waals surface area (Å²) in [6.45, 7) is 0. The molecule has 9 aromatic carbocycles. The van der Waals surface area contributed by atoms with Gasteiger partial charge in [-0.1, -0.05) is 182 Å². The molecule has 0 heteroatoms. The molecule has 0 spiro atoms. The van der Waals surface area contributed by atoms with Gasteiger partial charge in [-0.05, 0) is 87.6 Å². The van der Waals surface area contributed by atoms with Gasteiger partial charge in [0.2, 0.25) is 0 Å². The van der Waals surface area contributed by atoms with Crippen molar-refractivity contribution in [1.29, 1.82) is 0 Å². The molecule has 0 aromatic heterocycles. The fourth-order valence-corrected chi connectivity index (χ4v) is 6.86. The van der Waals surface area contributed by atoms with Crippen LogP contribution >= 0.6 is 0 Å². The molecule has 0 nitrogen and oxygen atoms in total. The highest BCUT2D eigenvalue weighted by molar-refractivity contribution is 6.24. The fraction of sp³-hybridized carbons (Fsp3) is 0. The van der Waals surface area contributed by atoms with E-state index < -0.39 is 24.2 Å². The Kier molecular flexibility index (Phi) is 4.59. The Labute approximate surface area is 280 Å². The van der Waals surface area contributed by atoms with E-state index in [2.05, 4.69) is 54.6 Å². The van der Waals surface area contributed by atoms with Gasteiger partial charge in [-0.2, -0.15) is 0 Å². The molecule has 0 fully saturated rings. The highest BCUT2D eigenvalue weighted by atomic mass is 14.2. The second kappa shape index (κ2) is 10.9. The molecular formula is C46H30. The van der Waals surface area contributed by atoms with Gasteiger partial charge >= 0.3 is 0 Å². The van der Waals surface area contributed by atoms with Crippen LogP contribution in [0.15, 0.2) is 182 Å². The standard InChI is InChI=1S/C46H30/c1-2-14-34(15-3-1)45-40-20-8-10-22-42(40)46(43-23-11-9-21-41(43)45)44-30-29-37(38-18-6-7-19-39(38)44)33-27-25-32(26-28-33)36-24-12-16-31-13-4-5-17-35(31)36/h1-30H/i8D,9D,10D,11D,20D,21D,22D,23D. The van der Waals surface area contributed by atoms with Gasteiger partial charge in [-0.15, -0.1) is 0 Å². The molecule has 0 aliphatic carbocycles. The smallest absolute Gasteiger partial charge is 0.0622 e. The summed E-state index contributed by atoms with van der Waals surface area (Å²) >= 11 is 0. The lowest BCUT2D eigenvalue weighted by Crippen LogP contribution is -1.92. The molecule has 0 amide bonds. The Morgan fingerprint density at radius 3 is 1.37 bits per heavy atom. The molecular weight excluding hydrogens is 553 g/mol. The minimum Gasteiger partial charge on any atom is -0.0622 e. The third kappa shape index (κ3) is 4.23. The molecule has 0 N–H and O–H groups in total. The molecule has 0 saturated heterocycles. The van der Waals surface area contributed by atoms with Crippen LogP contribution in [0, 0.1) is 0 Å². The maximum atomic E-state index is 9.31. The van der Waals surface area contributed by atoms with Crippen LogP contribution in [0.3, 0.4) is 0 Å². The number of fused-ring (bicyclic) bond motifs is 4. The van der Waals surface area contributed by atoms with E-state index >= 15 is 0 Å². The van der Waals surface area contributed by atoms with Crippen molar-refractivity contribution in [1.82, 2.24) is 0 Å². The minimum atomic E-state index is -0.417. The summed E-state index contributed by atoms with van der Waals surface area (Å²) in [7, 11) is 0. The van der Waals surface area contributed by atoms with E-state index in [-0.39, 0.29) is 45.7 Å². The van der Waals surface area contributed by atoms with E-state index in [4.69, 9.17) is 5.48 Å². The number of hydrogen-bond acceptors (Lipinski definition) is 0. The zero-order valence-corrected chi connectivity index (χ0v) is 24.7. The van der Waals surface area contributed by atoms with Crippen molar-refractivity contribution in [2.75, 3.05) is 0 Å². The van der Waals surface area contributed by atoms with Crippen LogP contribution in [0.25, 0.3) is 87.6 Å². The largest absolute Gasteiger partial charge is 0.0629 e. The van der Waals surface area contributed by atoms with Gasteiger partial charge in [0.25, 0.3) is 0 Å². The van der Waals surface area contributed by atoms with E-state index in [0.717, 1.165) is 33.0 Å². The molecule has 9 aromatic rings. The van der Waals surface area contributed by atoms with Crippen molar-refractivity contribution in [3.63, 3.8) is 0 Å².